The molecule has 0 aliphatic carbocycles. The van der Waals surface area contributed by atoms with Gasteiger partial charge in [-0.3, -0.25) is 0 Å². The lowest BCUT2D eigenvalue weighted by Crippen LogP contribution is -2.13. The summed E-state index contributed by atoms with van der Waals surface area (Å²) in [6.45, 7) is 11.3. The third-order valence-electron chi connectivity index (χ3n) is 4.68. The van der Waals surface area contributed by atoms with Crippen LogP contribution in [0.5, 0.6) is 0 Å². The first-order valence-electron chi connectivity index (χ1n) is 8.64. The second kappa shape index (κ2) is 6.28. The monoisotopic (exact) mass is 314 g/mol. The van der Waals surface area contributed by atoms with Crippen molar-refractivity contribution in [1.29, 1.82) is 0 Å². The maximum atomic E-state index is 2.37. The molecule has 0 aliphatic rings. The van der Waals surface area contributed by atoms with Crippen molar-refractivity contribution in [2.45, 2.75) is 40.0 Å². The fraction of sp³-hybridized carbons (Fsp3) is 0.250. The minimum atomic E-state index is 0.173. The Bertz CT molecular complexity index is 849. The van der Waals surface area contributed by atoms with Gasteiger partial charge in [-0.1, -0.05) is 87.5 Å². The van der Waals surface area contributed by atoms with Gasteiger partial charge in [-0.05, 0) is 58.2 Å². The van der Waals surface area contributed by atoms with Gasteiger partial charge in [-0.25, -0.2) is 0 Å². The molecule has 0 bridgehead atoms. The quantitative estimate of drug-likeness (QED) is 0.481. The molecule has 0 nitrogen and oxygen atoms in total. The van der Waals surface area contributed by atoms with Crippen LogP contribution in [0, 0.1) is 13.8 Å². The van der Waals surface area contributed by atoms with E-state index in [1.165, 1.54) is 38.9 Å². The van der Waals surface area contributed by atoms with Crippen LogP contribution >= 0.6 is 0 Å². The van der Waals surface area contributed by atoms with E-state index in [1.807, 2.05) is 0 Å². The molecule has 0 saturated heterocycles. The van der Waals surface area contributed by atoms with Gasteiger partial charge in [0.2, 0.25) is 0 Å². The Kier molecular flexibility index (Phi) is 4.32. The highest BCUT2D eigenvalue weighted by atomic mass is 14.2. The normalized spacial score (nSPS) is 11.5. The summed E-state index contributed by atoms with van der Waals surface area (Å²) >= 11 is 0. The molecule has 0 aromatic heterocycles. The standard InChI is InChI=1S/C24H26/c1-17-16-23(24(3,4)5)18(2)15-22(17)21-14-10-9-13-20(21)19-11-7-6-8-12-19/h6-16H,1-5H3. The lowest BCUT2D eigenvalue weighted by molar-refractivity contribution is 0.585. The minimum absolute atomic E-state index is 0.173. The van der Waals surface area contributed by atoms with Gasteiger partial charge in [0.05, 0.1) is 0 Å². The van der Waals surface area contributed by atoms with Gasteiger partial charge in [0.15, 0.2) is 0 Å². The third kappa shape index (κ3) is 3.14. The summed E-state index contributed by atoms with van der Waals surface area (Å²) in [6, 6.07) is 24.1. The van der Waals surface area contributed by atoms with E-state index in [0.29, 0.717) is 0 Å². The molecule has 0 unspecified atom stereocenters. The van der Waals surface area contributed by atoms with Crippen LogP contribution in [0.15, 0.2) is 66.7 Å². The van der Waals surface area contributed by atoms with Gasteiger partial charge >= 0.3 is 0 Å². The molecule has 3 aromatic carbocycles. The number of benzene rings is 3. The first kappa shape index (κ1) is 16.5. The predicted molar refractivity (Wildman–Crippen MR) is 105 cm³/mol. The van der Waals surface area contributed by atoms with Crippen molar-refractivity contribution in [3.8, 4) is 22.3 Å². The second-order valence-corrected chi connectivity index (χ2v) is 7.64. The molecule has 3 rings (SSSR count). The molecule has 0 fully saturated rings. The summed E-state index contributed by atoms with van der Waals surface area (Å²) in [7, 11) is 0. The summed E-state index contributed by atoms with van der Waals surface area (Å²) in [4.78, 5) is 0. The van der Waals surface area contributed by atoms with Gasteiger partial charge in [0.1, 0.15) is 0 Å². The van der Waals surface area contributed by atoms with Crippen LogP contribution in [0.2, 0.25) is 0 Å². The highest BCUT2D eigenvalue weighted by Gasteiger charge is 2.18. The summed E-state index contributed by atoms with van der Waals surface area (Å²) in [5.41, 5.74) is 9.52. The van der Waals surface area contributed by atoms with Gasteiger partial charge in [-0.2, -0.15) is 0 Å². The van der Waals surface area contributed by atoms with Crippen molar-refractivity contribution >= 4 is 0 Å². The molecule has 24 heavy (non-hydrogen) atoms. The van der Waals surface area contributed by atoms with E-state index in [1.54, 1.807) is 0 Å². The lowest BCUT2D eigenvalue weighted by atomic mass is 9.81. The zero-order chi connectivity index (χ0) is 17.3. The Morgan fingerprint density at radius 1 is 0.583 bits per heavy atom. The molecule has 0 atom stereocenters. The maximum Gasteiger partial charge on any atom is -0.0103 e. The van der Waals surface area contributed by atoms with Gasteiger partial charge < -0.3 is 0 Å². The molecule has 0 N–H and O–H groups in total. The van der Waals surface area contributed by atoms with Crippen molar-refractivity contribution in [3.63, 3.8) is 0 Å². The summed E-state index contributed by atoms with van der Waals surface area (Å²) < 4.78 is 0. The van der Waals surface area contributed by atoms with Crippen LogP contribution in [-0.4, -0.2) is 0 Å². The Morgan fingerprint density at radius 2 is 1.17 bits per heavy atom. The molecule has 3 aromatic rings. The maximum absolute atomic E-state index is 2.37. The first-order valence-corrected chi connectivity index (χ1v) is 8.64. The van der Waals surface area contributed by atoms with E-state index in [-0.39, 0.29) is 5.41 Å². The molecule has 0 amide bonds. The smallest absolute Gasteiger partial charge is 0.0103 e. The number of aryl methyl sites for hydroxylation is 2. The lowest BCUT2D eigenvalue weighted by Gasteiger charge is -2.24. The largest absolute Gasteiger partial charge is 0.0622 e. The van der Waals surface area contributed by atoms with Crippen LogP contribution < -0.4 is 0 Å². The van der Waals surface area contributed by atoms with Crippen LogP contribution in [-0.2, 0) is 5.41 Å². The SMILES string of the molecule is Cc1cc(C(C)(C)C)c(C)cc1-c1ccccc1-c1ccccc1. The van der Waals surface area contributed by atoms with E-state index < -0.39 is 0 Å². The van der Waals surface area contributed by atoms with E-state index in [0.717, 1.165) is 0 Å². The van der Waals surface area contributed by atoms with Crippen LogP contribution in [0.25, 0.3) is 22.3 Å². The first-order chi connectivity index (χ1) is 11.4. The van der Waals surface area contributed by atoms with Gasteiger partial charge in [0, 0.05) is 0 Å². The van der Waals surface area contributed by atoms with Crippen molar-refractivity contribution in [2.24, 2.45) is 0 Å². The van der Waals surface area contributed by atoms with Crippen LogP contribution in [0.4, 0.5) is 0 Å². The Hall–Kier alpha value is -2.34. The van der Waals surface area contributed by atoms with E-state index in [4.69, 9.17) is 0 Å². The molecular formula is C24H26. The Balaban J connectivity index is 2.20. The van der Waals surface area contributed by atoms with Crippen molar-refractivity contribution in [1.82, 2.24) is 0 Å². The zero-order valence-electron chi connectivity index (χ0n) is 15.4. The average Bonchev–Trinajstić information content (AvgIpc) is 2.56. The molecule has 122 valence electrons. The number of hydrogen-bond donors (Lipinski definition) is 0. The van der Waals surface area contributed by atoms with Crippen molar-refractivity contribution < 1.29 is 0 Å². The molecular weight excluding hydrogens is 288 g/mol. The summed E-state index contributed by atoms with van der Waals surface area (Å²) in [5.74, 6) is 0. The number of hydrogen-bond acceptors (Lipinski definition) is 0. The zero-order valence-corrected chi connectivity index (χ0v) is 15.4. The summed E-state index contributed by atoms with van der Waals surface area (Å²) in [6.07, 6.45) is 0. The van der Waals surface area contributed by atoms with Gasteiger partial charge in [0.25, 0.3) is 0 Å². The summed E-state index contributed by atoms with van der Waals surface area (Å²) in [5, 5.41) is 0. The van der Waals surface area contributed by atoms with Gasteiger partial charge in [-0.15, -0.1) is 0 Å². The van der Waals surface area contributed by atoms with Crippen molar-refractivity contribution in [2.75, 3.05) is 0 Å². The van der Waals surface area contributed by atoms with E-state index in [9.17, 15) is 0 Å². The number of rotatable bonds is 2. The minimum Gasteiger partial charge on any atom is -0.0622 e. The molecule has 0 heterocycles. The Morgan fingerprint density at radius 3 is 1.79 bits per heavy atom. The van der Waals surface area contributed by atoms with Crippen LogP contribution in [0.1, 0.15) is 37.5 Å². The highest BCUT2D eigenvalue weighted by Crippen LogP contribution is 2.37. The fourth-order valence-corrected chi connectivity index (χ4v) is 3.50. The van der Waals surface area contributed by atoms with E-state index in [2.05, 4.69) is 101 Å². The third-order valence-corrected chi connectivity index (χ3v) is 4.68. The van der Waals surface area contributed by atoms with Crippen LogP contribution in [0.3, 0.4) is 0 Å². The van der Waals surface area contributed by atoms with E-state index >= 15 is 0 Å². The second-order valence-electron chi connectivity index (χ2n) is 7.64. The molecule has 0 aliphatic heterocycles. The molecule has 0 spiro atoms. The van der Waals surface area contributed by atoms with Crippen molar-refractivity contribution in [3.05, 3.63) is 83.4 Å². The predicted octanol–water partition coefficient (Wildman–Crippen LogP) is 6.93. The molecule has 0 radical (unpaired) electrons. The average molecular weight is 314 g/mol. The highest BCUT2D eigenvalue weighted by molar-refractivity contribution is 5.85. The fourth-order valence-electron chi connectivity index (χ4n) is 3.50. The Labute approximate surface area is 146 Å². The molecule has 0 saturated carbocycles. The molecule has 0 heteroatoms. The topological polar surface area (TPSA) is 0 Å².